The summed E-state index contributed by atoms with van der Waals surface area (Å²) in [6.45, 7) is 5.71. The van der Waals surface area contributed by atoms with Gasteiger partial charge in [0, 0.05) is 23.7 Å². The van der Waals surface area contributed by atoms with Crippen LogP contribution >= 0.6 is 0 Å². The molecule has 1 aliphatic carbocycles. The summed E-state index contributed by atoms with van der Waals surface area (Å²) < 4.78 is 5.81. The van der Waals surface area contributed by atoms with Gasteiger partial charge in [-0.3, -0.25) is 4.79 Å². The van der Waals surface area contributed by atoms with E-state index in [1.165, 1.54) is 0 Å². The van der Waals surface area contributed by atoms with Gasteiger partial charge in [0.2, 0.25) is 5.95 Å². The first-order valence-electron chi connectivity index (χ1n) is 9.55. The predicted molar refractivity (Wildman–Crippen MR) is 105 cm³/mol. The lowest BCUT2D eigenvalue weighted by Gasteiger charge is -2.26. The highest BCUT2D eigenvalue weighted by molar-refractivity contribution is 5.86. The van der Waals surface area contributed by atoms with Crippen LogP contribution in [0.5, 0.6) is 5.75 Å². The summed E-state index contributed by atoms with van der Waals surface area (Å²) in [6, 6.07) is 4.22. The first-order chi connectivity index (χ1) is 12.9. The van der Waals surface area contributed by atoms with E-state index < -0.39 is 0 Å². The average molecular weight is 372 g/mol. The molecular formula is C20H28N4O3. The standard InChI is InChI=1S/C20H28N4O3/c1-12(2)22-17(26)11-27-19-13(3)4-5-14-10-21-20(24-18(14)19)23-15-6-8-16(25)9-7-15/h4-5,10,12,15-16,25H,6-9,11H2,1-3H3,(H,22,26)(H,21,23,24)/t15-,16-. The van der Waals surface area contributed by atoms with E-state index in [0.29, 0.717) is 17.2 Å². The number of nitrogens with one attached hydrogen (secondary N) is 2. The maximum atomic E-state index is 11.9. The lowest BCUT2D eigenvalue weighted by atomic mass is 9.93. The minimum absolute atomic E-state index is 0.0502. The van der Waals surface area contributed by atoms with Gasteiger partial charge >= 0.3 is 0 Å². The molecule has 2 aromatic rings. The Morgan fingerprint density at radius 3 is 2.74 bits per heavy atom. The molecule has 1 fully saturated rings. The SMILES string of the molecule is Cc1ccc2cnc(N[C@H]3CC[C@H](O)CC3)nc2c1OCC(=O)NC(C)C. The molecule has 146 valence electrons. The maximum absolute atomic E-state index is 11.9. The van der Waals surface area contributed by atoms with Gasteiger partial charge in [-0.25, -0.2) is 9.97 Å². The Labute approximate surface area is 159 Å². The Kier molecular flexibility index (Phi) is 6.11. The van der Waals surface area contributed by atoms with Crippen molar-refractivity contribution in [3.8, 4) is 5.75 Å². The van der Waals surface area contributed by atoms with Crippen molar-refractivity contribution in [3.05, 3.63) is 23.9 Å². The molecule has 1 aromatic heterocycles. The monoisotopic (exact) mass is 372 g/mol. The molecule has 0 aliphatic heterocycles. The minimum Gasteiger partial charge on any atom is -0.481 e. The third-order valence-electron chi connectivity index (χ3n) is 4.73. The molecule has 0 saturated heterocycles. The fraction of sp³-hybridized carbons (Fsp3) is 0.550. The van der Waals surface area contributed by atoms with Gasteiger partial charge in [0.25, 0.3) is 5.91 Å². The molecule has 27 heavy (non-hydrogen) atoms. The number of aliphatic hydroxyl groups is 1. The molecule has 0 spiro atoms. The number of carbonyl (C=O) groups excluding carboxylic acids is 1. The quantitative estimate of drug-likeness (QED) is 0.721. The highest BCUT2D eigenvalue weighted by atomic mass is 16.5. The van der Waals surface area contributed by atoms with Crippen molar-refractivity contribution >= 4 is 22.8 Å². The fourth-order valence-electron chi connectivity index (χ4n) is 3.33. The molecule has 7 nitrogen and oxygen atoms in total. The third kappa shape index (κ3) is 5.07. The fourth-order valence-corrected chi connectivity index (χ4v) is 3.33. The van der Waals surface area contributed by atoms with E-state index >= 15 is 0 Å². The number of hydrogen-bond acceptors (Lipinski definition) is 6. The number of amides is 1. The molecule has 0 bridgehead atoms. The first-order valence-corrected chi connectivity index (χ1v) is 9.55. The number of carbonyl (C=O) groups is 1. The van der Waals surface area contributed by atoms with Gasteiger partial charge in [-0.1, -0.05) is 12.1 Å². The zero-order valence-corrected chi connectivity index (χ0v) is 16.2. The Balaban J connectivity index is 1.78. The number of aliphatic hydroxyl groups excluding tert-OH is 1. The van der Waals surface area contributed by atoms with Crippen LogP contribution in [0.25, 0.3) is 10.9 Å². The number of rotatable bonds is 6. The Hall–Kier alpha value is -2.41. The van der Waals surface area contributed by atoms with Crippen LogP contribution in [0.15, 0.2) is 18.3 Å². The van der Waals surface area contributed by atoms with Crippen molar-refractivity contribution in [2.75, 3.05) is 11.9 Å². The topological polar surface area (TPSA) is 96.4 Å². The Morgan fingerprint density at radius 1 is 1.30 bits per heavy atom. The van der Waals surface area contributed by atoms with Gasteiger partial charge in [0.15, 0.2) is 6.61 Å². The number of fused-ring (bicyclic) bond motifs is 1. The largest absolute Gasteiger partial charge is 0.481 e. The molecule has 1 aliphatic rings. The van der Waals surface area contributed by atoms with E-state index in [0.717, 1.165) is 36.6 Å². The molecule has 1 saturated carbocycles. The normalized spacial score (nSPS) is 19.9. The second-order valence-corrected chi connectivity index (χ2v) is 7.50. The van der Waals surface area contributed by atoms with Crippen molar-refractivity contribution in [2.45, 2.75) is 64.6 Å². The van der Waals surface area contributed by atoms with Crippen LogP contribution in [0.3, 0.4) is 0 Å². The second kappa shape index (κ2) is 8.52. The van der Waals surface area contributed by atoms with Crippen molar-refractivity contribution < 1.29 is 14.6 Å². The van der Waals surface area contributed by atoms with Gasteiger partial charge in [0.1, 0.15) is 11.3 Å². The van der Waals surface area contributed by atoms with Gasteiger partial charge in [-0.05, 0) is 52.0 Å². The van der Waals surface area contributed by atoms with Gasteiger partial charge in [0.05, 0.1) is 6.10 Å². The van der Waals surface area contributed by atoms with Gasteiger partial charge < -0.3 is 20.5 Å². The van der Waals surface area contributed by atoms with Crippen molar-refractivity contribution in [2.24, 2.45) is 0 Å². The number of benzene rings is 1. The first kappa shape index (κ1) is 19.4. The zero-order valence-electron chi connectivity index (χ0n) is 16.2. The second-order valence-electron chi connectivity index (χ2n) is 7.50. The zero-order chi connectivity index (χ0) is 19.4. The maximum Gasteiger partial charge on any atom is 0.258 e. The number of anilines is 1. The van der Waals surface area contributed by atoms with Crippen LogP contribution in [0.1, 0.15) is 45.1 Å². The van der Waals surface area contributed by atoms with Crippen molar-refractivity contribution in [1.29, 1.82) is 0 Å². The third-order valence-corrected chi connectivity index (χ3v) is 4.73. The van der Waals surface area contributed by atoms with E-state index in [9.17, 15) is 9.90 Å². The highest BCUT2D eigenvalue weighted by Gasteiger charge is 2.20. The molecule has 0 atom stereocenters. The molecule has 7 heteroatoms. The van der Waals surface area contributed by atoms with E-state index in [-0.39, 0.29) is 30.7 Å². The number of nitrogens with zero attached hydrogens (tertiary/aromatic N) is 2. The lowest BCUT2D eigenvalue weighted by Crippen LogP contribution is -2.34. The van der Waals surface area contributed by atoms with Crippen LogP contribution < -0.4 is 15.4 Å². The van der Waals surface area contributed by atoms with Crippen LogP contribution in [0.4, 0.5) is 5.95 Å². The van der Waals surface area contributed by atoms with E-state index in [2.05, 4.69) is 20.6 Å². The summed E-state index contributed by atoms with van der Waals surface area (Å²) in [7, 11) is 0. The predicted octanol–water partition coefficient (Wildman–Crippen LogP) is 2.56. The summed E-state index contributed by atoms with van der Waals surface area (Å²) in [6.07, 6.45) is 4.96. The molecule has 0 unspecified atom stereocenters. The van der Waals surface area contributed by atoms with Gasteiger partial charge in [-0.15, -0.1) is 0 Å². The molecule has 3 N–H and O–H groups in total. The highest BCUT2D eigenvalue weighted by Crippen LogP contribution is 2.29. The molecule has 0 radical (unpaired) electrons. The lowest BCUT2D eigenvalue weighted by molar-refractivity contribution is -0.123. The minimum atomic E-state index is -0.194. The number of aromatic nitrogens is 2. The molecule has 1 heterocycles. The van der Waals surface area contributed by atoms with E-state index in [1.807, 2.05) is 32.9 Å². The molecule has 1 aromatic carbocycles. The van der Waals surface area contributed by atoms with Crippen molar-refractivity contribution in [1.82, 2.24) is 15.3 Å². The Bertz CT molecular complexity index is 801. The number of ether oxygens (including phenoxy) is 1. The van der Waals surface area contributed by atoms with Crippen LogP contribution in [0.2, 0.25) is 0 Å². The van der Waals surface area contributed by atoms with E-state index in [4.69, 9.17) is 4.74 Å². The summed E-state index contributed by atoms with van der Waals surface area (Å²) in [5.41, 5.74) is 1.62. The average Bonchev–Trinajstić information content (AvgIpc) is 2.62. The Morgan fingerprint density at radius 2 is 2.04 bits per heavy atom. The van der Waals surface area contributed by atoms with Crippen LogP contribution in [-0.4, -0.2) is 45.8 Å². The summed E-state index contributed by atoms with van der Waals surface area (Å²) >= 11 is 0. The summed E-state index contributed by atoms with van der Waals surface area (Å²) in [5, 5.41) is 16.7. The number of hydrogen-bond donors (Lipinski definition) is 3. The summed E-state index contributed by atoms with van der Waals surface area (Å²) in [4.78, 5) is 21.0. The van der Waals surface area contributed by atoms with E-state index in [1.54, 1.807) is 6.20 Å². The molecule has 3 rings (SSSR count). The summed E-state index contributed by atoms with van der Waals surface area (Å²) in [5.74, 6) is 0.997. The molecule has 1 amide bonds. The molecular weight excluding hydrogens is 344 g/mol. The van der Waals surface area contributed by atoms with Gasteiger partial charge in [-0.2, -0.15) is 0 Å². The van der Waals surface area contributed by atoms with Crippen molar-refractivity contribution in [3.63, 3.8) is 0 Å². The number of aryl methyl sites for hydroxylation is 1. The van der Waals surface area contributed by atoms with Crippen LogP contribution in [-0.2, 0) is 4.79 Å². The smallest absolute Gasteiger partial charge is 0.258 e. The van der Waals surface area contributed by atoms with Crippen LogP contribution in [0, 0.1) is 6.92 Å².